The molecule has 2 amide bonds. The molecule has 9 nitrogen and oxygen atoms in total. The van der Waals surface area contributed by atoms with Crippen LogP contribution in [0.25, 0.3) is 0 Å². The van der Waals surface area contributed by atoms with Crippen LogP contribution in [0.15, 0.2) is 36.4 Å². The van der Waals surface area contributed by atoms with Crippen LogP contribution in [0.2, 0.25) is 5.02 Å². The van der Waals surface area contributed by atoms with Gasteiger partial charge >= 0.3 is 0 Å². The van der Waals surface area contributed by atoms with E-state index < -0.39 is 21.8 Å². The van der Waals surface area contributed by atoms with Crippen LogP contribution in [0.5, 0.6) is 11.5 Å². The van der Waals surface area contributed by atoms with Gasteiger partial charge in [-0.05, 0) is 30.3 Å². The lowest BCUT2D eigenvalue weighted by atomic mass is 10.1. The molecule has 0 heterocycles. The molecule has 4 N–H and O–H groups in total. The maximum Gasteiger partial charge on any atom is 0.255 e. The predicted molar refractivity (Wildman–Crippen MR) is 112 cm³/mol. The lowest BCUT2D eigenvalue weighted by Crippen LogP contribution is -2.23. The number of benzene rings is 2. The number of ether oxygens (including phenoxy) is 2. The summed E-state index contributed by atoms with van der Waals surface area (Å²) in [5.74, 6) is -0.910. The van der Waals surface area contributed by atoms with Crippen molar-refractivity contribution in [2.75, 3.05) is 20.8 Å². The van der Waals surface area contributed by atoms with Gasteiger partial charge in [0.1, 0.15) is 0 Å². The van der Waals surface area contributed by atoms with Crippen molar-refractivity contribution >= 4 is 33.4 Å². The molecule has 30 heavy (non-hydrogen) atoms. The molecular weight excluding hydrogens is 434 g/mol. The Bertz CT molecular complexity index is 1030. The van der Waals surface area contributed by atoms with E-state index in [1.165, 1.54) is 26.3 Å². The molecule has 0 bridgehead atoms. The Labute approximate surface area is 179 Å². The van der Waals surface area contributed by atoms with Crippen molar-refractivity contribution in [2.45, 2.75) is 12.3 Å². The molecule has 0 spiro atoms. The van der Waals surface area contributed by atoms with Crippen LogP contribution in [0, 0.1) is 0 Å². The lowest BCUT2D eigenvalue weighted by Gasteiger charge is -2.13. The molecule has 0 aliphatic rings. The van der Waals surface area contributed by atoms with Crippen molar-refractivity contribution in [1.29, 1.82) is 0 Å². The molecule has 0 saturated heterocycles. The number of carbonyl (C=O) groups is 2. The highest BCUT2D eigenvalue weighted by atomic mass is 35.5. The lowest BCUT2D eigenvalue weighted by molar-refractivity contribution is -0.119. The summed E-state index contributed by atoms with van der Waals surface area (Å²) in [6, 6.07) is 9.65. The monoisotopic (exact) mass is 455 g/mol. The largest absolute Gasteiger partial charge is 0.493 e. The Hall–Kier alpha value is -2.82. The topological polar surface area (TPSA) is 137 Å². The molecule has 0 fully saturated rings. The van der Waals surface area contributed by atoms with E-state index in [9.17, 15) is 18.0 Å². The maximum atomic E-state index is 12.5. The Balaban J connectivity index is 2.05. The van der Waals surface area contributed by atoms with Gasteiger partial charge in [0.15, 0.2) is 18.1 Å². The number of nitrogens with one attached hydrogen (secondary N) is 2. The van der Waals surface area contributed by atoms with Crippen molar-refractivity contribution < 1.29 is 27.5 Å². The van der Waals surface area contributed by atoms with Gasteiger partial charge in [-0.3, -0.25) is 9.59 Å². The summed E-state index contributed by atoms with van der Waals surface area (Å²) in [5.41, 5.74) is 6.71. The third kappa shape index (κ3) is 6.61. The van der Waals surface area contributed by atoms with Crippen LogP contribution in [-0.2, 0) is 27.1 Å². The molecular formula is C19H22ClN3O6S. The van der Waals surface area contributed by atoms with Gasteiger partial charge in [0.2, 0.25) is 10.0 Å². The summed E-state index contributed by atoms with van der Waals surface area (Å²) in [5, 5.41) is 2.84. The first-order chi connectivity index (χ1) is 14.1. The Morgan fingerprint density at radius 3 is 2.33 bits per heavy atom. The molecule has 11 heteroatoms. The number of carbonyl (C=O) groups excluding carboxylic acids is 2. The predicted octanol–water partition coefficient (Wildman–Crippen LogP) is 1.19. The first-order valence-corrected chi connectivity index (χ1v) is 10.7. The highest BCUT2D eigenvalue weighted by Crippen LogP contribution is 2.36. The van der Waals surface area contributed by atoms with Gasteiger partial charge in [0.25, 0.3) is 11.8 Å². The molecule has 0 atom stereocenters. The average Bonchev–Trinajstić information content (AvgIpc) is 2.71. The first kappa shape index (κ1) is 23.5. The van der Waals surface area contributed by atoms with Crippen LogP contribution in [0.4, 0.5) is 0 Å². The van der Waals surface area contributed by atoms with Crippen LogP contribution in [0.1, 0.15) is 21.5 Å². The molecule has 0 aliphatic heterocycles. The van der Waals surface area contributed by atoms with E-state index in [1.807, 2.05) is 0 Å². The fraction of sp³-hybridized carbons (Fsp3) is 0.263. The summed E-state index contributed by atoms with van der Waals surface area (Å²) in [6.07, 6.45) is 0. The third-order valence-corrected chi connectivity index (χ3v) is 5.61. The standard InChI is InChI=1S/C19H22ClN3O6S/c1-22-30(26,27)11-13-5-3-12(4-6-13)9-23-19(25)14-7-15(20)18(16(8-14)28-2)29-10-17(21)24/h3-8,22H,9-11H2,1-2H3,(H2,21,24)(H,23,25). The molecule has 0 unspecified atom stereocenters. The van der Waals surface area contributed by atoms with Gasteiger partial charge in [-0.25, -0.2) is 13.1 Å². The van der Waals surface area contributed by atoms with E-state index in [4.69, 9.17) is 26.8 Å². The molecule has 0 saturated carbocycles. The molecule has 0 radical (unpaired) electrons. The maximum absolute atomic E-state index is 12.5. The summed E-state index contributed by atoms with van der Waals surface area (Å²) >= 11 is 6.15. The van der Waals surface area contributed by atoms with Crippen LogP contribution < -0.4 is 25.2 Å². The number of hydrogen-bond acceptors (Lipinski definition) is 6. The number of halogens is 1. The molecule has 2 aromatic rings. The summed E-state index contributed by atoms with van der Waals surface area (Å²) in [6.45, 7) is -0.162. The number of hydrogen-bond donors (Lipinski definition) is 3. The number of primary amides is 1. The second-order valence-corrected chi connectivity index (χ2v) is 8.54. The molecule has 2 aromatic carbocycles. The fourth-order valence-electron chi connectivity index (χ4n) is 2.46. The van der Waals surface area contributed by atoms with E-state index in [0.717, 1.165) is 5.56 Å². The minimum absolute atomic E-state index is 0.0934. The molecule has 0 aromatic heterocycles. The van der Waals surface area contributed by atoms with Gasteiger partial charge in [-0.1, -0.05) is 35.9 Å². The summed E-state index contributed by atoms with van der Waals surface area (Å²) in [4.78, 5) is 23.4. The SMILES string of the molecule is CNS(=O)(=O)Cc1ccc(CNC(=O)c2cc(Cl)c(OCC(N)=O)c(OC)c2)cc1. The smallest absolute Gasteiger partial charge is 0.255 e. The normalized spacial score (nSPS) is 11.0. The summed E-state index contributed by atoms with van der Waals surface area (Å²) in [7, 11) is -0.617. The Kier molecular flexibility index (Phi) is 8.04. The molecule has 0 aliphatic carbocycles. The van der Waals surface area contributed by atoms with Gasteiger partial charge in [-0.2, -0.15) is 0 Å². The van der Waals surface area contributed by atoms with E-state index in [-0.39, 0.29) is 41.0 Å². The number of nitrogens with two attached hydrogens (primary N) is 1. The van der Waals surface area contributed by atoms with E-state index in [0.29, 0.717) is 5.56 Å². The molecule has 162 valence electrons. The van der Waals surface area contributed by atoms with Crippen LogP contribution in [0.3, 0.4) is 0 Å². The minimum atomic E-state index is -3.35. The zero-order valence-electron chi connectivity index (χ0n) is 16.4. The van der Waals surface area contributed by atoms with E-state index in [2.05, 4.69) is 10.0 Å². The number of sulfonamides is 1. The average molecular weight is 456 g/mol. The number of methoxy groups -OCH3 is 1. The third-order valence-electron chi connectivity index (χ3n) is 3.99. The highest BCUT2D eigenvalue weighted by molar-refractivity contribution is 7.88. The molecule has 2 rings (SSSR count). The fourth-order valence-corrected chi connectivity index (χ4v) is 3.50. The van der Waals surface area contributed by atoms with Gasteiger partial charge in [-0.15, -0.1) is 0 Å². The van der Waals surface area contributed by atoms with Gasteiger partial charge < -0.3 is 20.5 Å². The zero-order chi connectivity index (χ0) is 22.3. The highest BCUT2D eigenvalue weighted by Gasteiger charge is 2.17. The van der Waals surface area contributed by atoms with Crippen molar-refractivity contribution in [3.8, 4) is 11.5 Å². The second kappa shape index (κ2) is 10.3. The van der Waals surface area contributed by atoms with E-state index >= 15 is 0 Å². The van der Waals surface area contributed by atoms with Gasteiger partial charge in [0.05, 0.1) is 17.9 Å². The van der Waals surface area contributed by atoms with Crippen molar-refractivity contribution in [2.24, 2.45) is 5.73 Å². The van der Waals surface area contributed by atoms with Crippen molar-refractivity contribution in [3.63, 3.8) is 0 Å². The van der Waals surface area contributed by atoms with Crippen LogP contribution >= 0.6 is 11.6 Å². The van der Waals surface area contributed by atoms with Gasteiger partial charge in [0, 0.05) is 12.1 Å². The summed E-state index contributed by atoms with van der Waals surface area (Å²) < 4.78 is 35.8. The minimum Gasteiger partial charge on any atom is -0.493 e. The van der Waals surface area contributed by atoms with Crippen LogP contribution in [-0.4, -0.2) is 41.0 Å². The number of amides is 2. The van der Waals surface area contributed by atoms with Crippen molar-refractivity contribution in [1.82, 2.24) is 10.0 Å². The number of rotatable bonds is 10. The second-order valence-electron chi connectivity index (χ2n) is 6.21. The van der Waals surface area contributed by atoms with Crippen molar-refractivity contribution in [3.05, 3.63) is 58.1 Å². The first-order valence-electron chi connectivity index (χ1n) is 8.71. The zero-order valence-corrected chi connectivity index (χ0v) is 18.0. The Morgan fingerprint density at radius 1 is 1.13 bits per heavy atom. The quantitative estimate of drug-likeness (QED) is 0.492. The Morgan fingerprint density at radius 2 is 1.77 bits per heavy atom. The van der Waals surface area contributed by atoms with E-state index in [1.54, 1.807) is 24.3 Å².